The Morgan fingerprint density at radius 1 is 1.53 bits per heavy atom. The van der Waals surface area contributed by atoms with Gasteiger partial charge in [-0.15, -0.1) is 0 Å². The standard InChI is InChI=1S/C12H14N2S/c1-9-3-2-5-14-7-11(13-12(9)14)10-4-6-15-8-10/h2-3,5,7,10H,4,6,8H2,1H3. The second-order valence-electron chi connectivity index (χ2n) is 4.15. The molecule has 3 heteroatoms. The third-order valence-corrected chi connectivity index (χ3v) is 4.21. The van der Waals surface area contributed by atoms with E-state index in [-0.39, 0.29) is 0 Å². The summed E-state index contributed by atoms with van der Waals surface area (Å²) in [6.45, 7) is 2.12. The van der Waals surface area contributed by atoms with Gasteiger partial charge >= 0.3 is 0 Å². The Balaban J connectivity index is 2.09. The van der Waals surface area contributed by atoms with Crippen LogP contribution in [0.4, 0.5) is 0 Å². The molecule has 1 aliphatic heterocycles. The average Bonchev–Trinajstić information content (AvgIpc) is 2.86. The molecule has 1 saturated heterocycles. The number of aromatic nitrogens is 2. The molecular formula is C12H14N2S. The highest BCUT2D eigenvalue weighted by Gasteiger charge is 2.20. The summed E-state index contributed by atoms with van der Waals surface area (Å²) in [6, 6.07) is 4.20. The van der Waals surface area contributed by atoms with Crippen molar-refractivity contribution >= 4 is 17.4 Å². The first-order valence-corrected chi connectivity index (χ1v) is 6.52. The van der Waals surface area contributed by atoms with Crippen molar-refractivity contribution in [2.75, 3.05) is 11.5 Å². The van der Waals surface area contributed by atoms with Gasteiger partial charge in [-0.3, -0.25) is 0 Å². The Morgan fingerprint density at radius 2 is 2.47 bits per heavy atom. The first-order chi connectivity index (χ1) is 7.34. The quantitative estimate of drug-likeness (QED) is 0.732. The minimum absolute atomic E-state index is 0.675. The van der Waals surface area contributed by atoms with E-state index in [1.807, 2.05) is 11.8 Å². The third-order valence-electron chi connectivity index (χ3n) is 3.04. The van der Waals surface area contributed by atoms with Gasteiger partial charge in [0.1, 0.15) is 5.65 Å². The summed E-state index contributed by atoms with van der Waals surface area (Å²) in [4.78, 5) is 4.74. The summed E-state index contributed by atoms with van der Waals surface area (Å²) in [5.74, 6) is 3.20. The molecule has 2 nitrogen and oxygen atoms in total. The fraction of sp³-hybridized carbons (Fsp3) is 0.417. The van der Waals surface area contributed by atoms with E-state index in [1.54, 1.807) is 0 Å². The fourth-order valence-corrected chi connectivity index (χ4v) is 3.38. The van der Waals surface area contributed by atoms with Crippen molar-refractivity contribution in [3.63, 3.8) is 0 Å². The summed E-state index contributed by atoms with van der Waals surface area (Å²) < 4.78 is 2.15. The maximum absolute atomic E-state index is 4.74. The van der Waals surface area contributed by atoms with Crippen LogP contribution in [0.3, 0.4) is 0 Å². The van der Waals surface area contributed by atoms with E-state index in [9.17, 15) is 0 Å². The number of aryl methyl sites for hydroxylation is 1. The second kappa shape index (κ2) is 3.56. The highest BCUT2D eigenvalue weighted by molar-refractivity contribution is 7.99. The topological polar surface area (TPSA) is 17.3 Å². The van der Waals surface area contributed by atoms with Crippen LogP contribution in [0.25, 0.3) is 5.65 Å². The van der Waals surface area contributed by atoms with E-state index in [0.717, 1.165) is 5.65 Å². The Hall–Kier alpha value is -0.960. The summed E-state index contributed by atoms with van der Waals surface area (Å²) in [5, 5.41) is 0. The predicted molar refractivity (Wildman–Crippen MR) is 64.6 cm³/mol. The molecule has 2 aromatic heterocycles. The molecule has 0 N–H and O–H groups in total. The minimum atomic E-state index is 0.675. The predicted octanol–water partition coefficient (Wildman–Crippen LogP) is 2.86. The molecule has 1 unspecified atom stereocenters. The van der Waals surface area contributed by atoms with Gasteiger partial charge in [-0.25, -0.2) is 4.98 Å². The third kappa shape index (κ3) is 1.55. The van der Waals surface area contributed by atoms with Crippen molar-refractivity contribution < 1.29 is 0 Å². The normalized spacial score (nSPS) is 21.3. The lowest BCUT2D eigenvalue weighted by molar-refractivity contribution is 0.759. The van der Waals surface area contributed by atoms with Gasteiger partial charge in [0.2, 0.25) is 0 Å². The Morgan fingerprint density at radius 3 is 3.20 bits per heavy atom. The Labute approximate surface area is 93.7 Å². The first-order valence-electron chi connectivity index (χ1n) is 5.36. The van der Waals surface area contributed by atoms with Crippen molar-refractivity contribution in [1.82, 2.24) is 9.38 Å². The molecule has 3 rings (SSSR count). The van der Waals surface area contributed by atoms with Crippen molar-refractivity contribution in [2.45, 2.75) is 19.3 Å². The monoisotopic (exact) mass is 218 g/mol. The zero-order valence-electron chi connectivity index (χ0n) is 8.81. The lowest BCUT2D eigenvalue weighted by Gasteiger charge is -2.01. The van der Waals surface area contributed by atoms with Gasteiger partial charge < -0.3 is 4.40 Å². The van der Waals surface area contributed by atoms with Crippen LogP contribution in [0.2, 0.25) is 0 Å². The molecule has 0 amide bonds. The molecule has 2 aromatic rings. The lowest BCUT2D eigenvalue weighted by atomic mass is 10.1. The highest BCUT2D eigenvalue weighted by Crippen LogP contribution is 2.31. The zero-order chi connectivity index (χ0) is 10.3. The maximum atomic E-state index is 4.74. The second-order valence-corrected chi connectivity index (χ2v) is 5.30. The van der Waals surface area contributed by atoms with Crippen molar-refractivity contribution in [3.8, 4) is 0 Å². The molecule has 0 radical (unpaired) electrons. The summed E-state index contributed by atoms with van der Waals surface area (Å²) >= 11 is 2.04. The SMILES string of the molecule is Cc1cccn2cc(C3CCSC3)nc12. The van der Waals surface area contributed by atoms with E-state index in [4.69, 9.17) is 4.98 Å². The average molecular weight is 218 g/mol. The minimum Gasteiger partial charge on any atom is -0.307 e. The molecule has 0 bridgehead atoms. The summed E-state index contributed by atoms with van der Waals surface area (Å²) in [7, 11) is 0. The molecule has 78 valence electrons. The van der Waals surface area contributed by atoms with Crippen LogP contribution < -0.4 is 0 Å². The molecule has 0 saturated carbocycles. The van der Waals surface area contributed by atoms with Gasteiger partial charge in [-0.2, -0.15) is 11.8 Å². The number of imidazole rings is 1. The number of fused-ring (bicyclic) bond motifs is 1. The fourth-order valence-electron chi connectivity index (χ4n) is 2.14. The summed E-state index contributed by atoms with van der Waals surface area (Å²) in [5.41, 5.74) is 3.65. The van der Waals surface area contributed by atoms with Gasteiger partial charge in [0.15, 0.2) is 0 Å². The van der Waals surface area contributed by atoms with Crippen LogP contribution in [0, 0.1) is 6.92 Å². The van der Waals surface area contributed by atoms with Crippen LogP contribution in [-0.2, 0) is 0 Å². The Kier molecular flexibility index (Phi) is 2.20. The molecule has 0 aromatic carbocycles. The van der Waals surface area contributed by atoms with Crippen LogP contribution >= 0.6 is 11.8 Å². The van der Waals surface area contributed by atoms with Crippen LogP contribution in [-0.4, -0.2) is 20.9 Å². The lowest BCUT2D eigenvalue weighted by Crippen LogP contribution is -1.95. The first kappa shape index (κ1) is 9.28. The Bertz CT molecular complexity index is 483. The van der Waals surface area contributed by atoms with Crippen LogP contribution in [0.1, 0.15) is 23.6 Å². The van der Waals surface area contributed by atoms with E-state index in [2.05, 4.69) is 35.9 Å². The zero-order valence-corrected chi connectivity index (χ0v) is 9.63. The van der Waals surface area contributed by atoms with Gasteiger partial charge in [0.05, 0.1) is 5.69 Å². The molecule has 0 aliphatic carbocycles. The molecule has 1 fully saturated rings. The van der Waals surface area contributed by atoms with Gasteiger partial charge in [0.25, 0.3) is 0 Å². The van der Waals surface area contributed by atoms with E-state index < -0.39 is 0 Å². The molecular weight excluding hydrogens is 204 g/mol. The molecule has 0 spiro atoms. The van der Waals surface area contributed by atoms with Gasteiger partial charge in [-0.05, 0) is 30.7 Å². The number of nitrogens with zero attached hydrogens (tertiary/aromatic N) is 2. The van der Waals surface area contributed by atoms with Crippen molar-refractivity contribution in [1.29, 1.82) is 0 Å². The largest absolute Gasteiger partial charge is 0.307 e. The highest BCUT2D eigenvalue weighted by atomic mass is 32.2. The number of rotatable bonds is 1. The summed E-state index contributed by atoms with van der Waals surface area (Å²) in [6.07, 6.45) is 5.56. The molecule has 1 aliphatic rings. The molecule has 3 heterocycles. The number of thioether (sulfide) groups is 1. The molecule has 15 heavy (non-hydrogen) atoms. The number of hydrogen-bond donors (Lipinski definition) is 0. The van der Waals surface area contributed by atoms with E-state index in [0.29, 0.717) is 5.92 Å². The van der Waals surface area contributed by atoms with Crippen LogP contribution in [0.15, 0.2) is 24.5 Å². The number of hydrogen-bond acceptors (Lipinski definition) is 2. The van der Waals surface area contributed by atoms with Gasteiger partial charge in [0, 0.05) is 24.1 Å². The van der Waals surface area contributed by atoms with Crippen LogP contribution in [0.5, 0.6) is 0 Å². The van der Waals surface area contributed by atoms with Crippen molar-refractivity contribution in [3.05, 3.63) is 35.8 Å². The van der Waals surface area contributed by atoms with E-state index in [1.165, 1.54) is 29.2 Å². The van der Waals surface area contributed by atoms with E-state index >= 15 is 0 Å². The smallest absolute Gasteiger partial charge is 0.139 e. The van der Waals surface area contributed by atoms with Gasteiger partial charge in [-0.1, -0.05) is 6.07 Å². The molecule has 1 atom stereocenters. The maximum Gasteiger partial charge on any atom is 0.139 e. The van der Waals surface area contributed by atoms with Crippen molar-refractivity contribution in [2.24, 2.45) is 0 Å². The number of pyridine rings is 1.